The summed E-state index contributed by atoms with van der Waals surface area (Å²) in [6, 6.07) is 8.91. The van der Waals surface area contributed by atoms with Gasteiger partial charge in [-0.25, -0.2) is 0 Å². The first-order valence-corrected chi connectivity index (χ1v) is 7.85. The molecule has 0 saturated carbocycles. The Balaban J connectivity index is 2.60. The van der Waals surface area contributed by atoms with Crippen molar-refractivity contribution >= 4 is 22.6 Å². The molecule has 0 bridgehead atoms. The maximum atomic E-state index is 3.63. The number of rotatable bonds is 5. The molecule has 102 valence electrons. The number of nitrogens with one attached hydrogen (secondary N) is 1. The van der Waals surface area contributed by atoms with Gasteiger partial charge in [-0.05, 0) is 85.9 Å². The molecule has 0 aliphatic rings. The van der Waals surface area contributed by atoms with E-state index in [1.165, 1.54) is 9.13 Å². The number of hydrogen-bond acceptors (Lipinski definition) is 1. The van der Waals surface area contributed by atoms with Crippen molar-refractivity contribution in [3.8, 4) is 0 Å². The Bertz CT molecular complexity index is 348. The highest BCUT2D eigenvalue weighted by Gasteiger charge is 2.17. The Morgan fingerprint density at radius 2 is 1.67 bits per heavy atom. The van der Waals surface area contributed by atoms with E-state index < -0.39 is 0 Å². The van der Waals surface area contributed by atoms with Crippen LogP contribution in [0.4, 0.5) is 0 Å². The Morgan fingerprint density at radius 1 is 1.11 bits per heavy atom. The van der Waals surface area contributed by atoms with Gasteiger partial charge in [0.1, 0.15) is 0 Å². The fourth-order valence-corrected chi connectivity index (χ4v) is 2.26. The van der Waals surface area contributed by atoms with E-state index >= 15 is 0 Å². The largest absolute Gasteiger partial charge is 0.312 e. The first-order valence-electron chi connectivity index (χ1n) is 6.77. The second kappa shape index (κ2) is 6.90. The third-order valence-electron chi connectivity index (χ3n) is 3.25. The van der Waals surface area contributed by atoms with Crippen LogP contribution in [0, 0.1) is 15.4 Å². The van der Waals surface area contributed by atoms with Gasteiger partial charge < -0.3 is 5.32 Å². The lowest BCUT2D eigenvalue weighted by Crippen LogP contribution is -2.40. The molecular weight excluding hydrogens is 333 g/mol. The molecule has 1 aromatic rings. The summed E-state index contributed by atoms with van der Waals surface area (Å²) in [6.07, 6.45) is 1.16. The highest BCUT2D eigenvalue weighted by Crippen LogP contribution is 2.18. The van der Waals surface area contributed by atoms with E-state index in [0.29, 0.717) is 11.8 Å². The minimum atomic E-state index is 0.208. The van der Waals surface area contributed by atoms with E-state index in [-0.39, 0.29) is 5.54 Å². The second-order valence-corrected chi connectivity index (χ2v) is 7.71. The van der Waals surface area contributed by atoms with Crippen LogP contribution in [0.25, 0.3) is 0 Å². The van der Waals surface area contributed by atoms with Crippen LogP contribution in [0.1, 0.15) is 40.2 Å². The molecule has 0 heterocycles. The standard InChI is InChI=1S/C16H26IN/c1-12(2)14(11-18-16(3,4)5)10-13-6-8-15(17)9-7-13/h6-9,12,14,18H,10-11H2,1-5H3. The molecule has 1 nitrogen and oxygen atoms in total. The maximum absolute atomic E-state index is 3.63. The molecule has 1 rings (SSSR count). The van der Waals surface area contributed by atoms with E-state index in [0.717, 1.165) is 13.0 Å². The summed E-state index contributed by atoms with van der Waals surface area (Å²) in [5.41, 5.74) is 1.66. The molecule has 0 saturated heterocycles. The molecule has 1 unspecified atom stereocenters. The SMILES string of the molecule is CC(C)C(CNC(C)(C)C)Cc1ccc(I)cc1. The summed E-state index contributed by atoms with van der Waals surface area (Å²) >= 11 is 2.36. The van der Waals surface area contributed by atoms with Gasteiger partial charge in [0.25, 0.3) is 0 Å². The summed E-state index contributed by atoms with van der Waals surface area (Å²) in [4.78, 5) is 0. The first kappa shape index (κ1) is 16.0. The van der Waals surface area contributed by atoms with Gasteiger partial charge >= 0.3 is 0 Å². The summed E-state index contributed by atoms with van der Waals surface area (Å²) in [7, 11) is 0. The molecular formula is C16H26IN. The van der Waals surface area contributed by atoms with Gasteiger partial charge in [0, 0.05) is 9.11 Å². The van der Waals surface area contributed by atoms with Crippen molar-refractivity contribution < 1.29 is 0 Å². The molecule has 0 radical (unpaired) electrons. The van der Waals surface area contributed by atoms with Gasteiger partial charge in [-0.1, -0.05) is 26.0 Å². The lowest BCUT2D eigenvalue weighted by Gasteiger charge is -2.27. The third-order valence-corrected chi connectivity index (χ3v) is 3.97. The van der Waals surface area contributed by atoms with Crippen LogP contribution in [0.3, 0.4) is 0 Å². The molecule has 18 heavy (non-hydrogen) atoms. The molecule has 0 amide bonds. The van der Waals surface area contributed by atoms with Crippen molar-refractivity contribution in [3.63, 3.8) is 0 Å². The molecule has 1 N–H and O–H groups in total. The second-order valence-electron chi connectivity index (χ2n) is 6.47. The smallest absolute Gasteiger partial charge is 0.0130 e. The van der Waals surface area contributed by atoms with E-state index in [1.807, 2.05) is 0 Å². The molecule has 1 atom stereocenters. The summed E-state index contributed by atoms with van der Waals surface area (Å²) < 4.78 is 1.31. The lowest BCUT2D eigenvalue weighted by atomic mass is 9.88. The van der Waals surface area contributed by atoms with Crippen LogP contribution in [-0.4, -0.2) is 12.1 Å². The minimum absolute atomic E-state index is 0.208. The van der Waals surface area contributed by atoms with E-state index in [1.54, 1.807) is 0 Å². The average molecular weight is 359 g/mol. The Morgan fingerprint density at radius 3 is 2.11 bits per heavy atom. The summed E-state index contributed by atoms with van der Waals surface area (Å²) in [6.45, 7) is 12.4. The number of hydrogen-bond donors (Lipinski definition) is 1. The Labute approximate surface area is 126 Å². The molecule has 0 aliphatic heterocycles. The minimum Gasteiger partial charge on any atom is -0.312 e. The Kier molecular flexibility index (Phi) is 6.12. The van der Waals surface area contributed by atoms with Gasteiger partial charge in [-0.15, -0.1) is 0 Å². The highest BCUT2D eigenvalue weighted by atomic mass is 127. The van der Waals surface area contributed by atoms with Crippen molar-refractivity contribution in [2.45, 2.75) is 46.6 Å². The zero-order chi connectivity index (χ0) is 13.8. The van der Waals surface area contributed by atoms with Crippen LogP contribution >= 0.6 is 22.6 Å². The van der Waals surface area contributed by atoms with Crippen LogP contribution < -0.4 is 5.32 Å². The monoisotopic (exact) mass is 359 g/mol. The van der Waals surface area contributed by atoms with Crippen LogP contribution in [0.5, 0.6) is 0 Å². The quantitative estimate of drug-likeness (QED) is 0.764. The molecule has 0 fully saturated rings. The molecule has 0 aliphatic carbocycles. The number of halogens is 1. The van der Waals surface area contributed by atoms with Gasteiger partial charge in [0.2, 0.25) is 0 Å². The number of benzene rings is 1. The zero-order valence-corrected chi connectivity index (χ0v) is 14.4. The fourth-order valence-electron chi connectivity index (χ4n) is 1.90. The van der Waals surface area contributed by atoms with Crippen LogP contribution in [-0.2, 0) is 6.42 Å². The first-order chi connectivity index (χ1) is 8.28. The predicted molar refractivity (Wildman–Crippen MR) is 88.9 cm³/mol. The third kappa shape index (κ3) is 6.19. The van der Waals surface area contributed by atoms with Crippen LogP contribution in [0.15, 0.2) is 24.3 Å². The van der Waals surface area contributed by atoms with Crippen molar-refractivity contribution in [2.24, 2.45) is 11.8 Å². The van der Waals surface area contributed by atoms with E-state index in [4.69, 9.17) is 0 Å². The van der Waals surface area contributed by atoms with Gasteiger partial charge in [0.05, 0.1) is 0 Å². The summed E-state index contributed by atoms with van der Waals surface area (Å²) in [5.74, 6) is 1.41. The van der Waals surface area contributed by atoms with Crippen molar-refractivity contribution in [1.82, 2.24) is 5.32 Å². The molecule has 0 spiro atoms. The molecule has 2 heteroatoms. The highest BCUT2D eigenvalue weighted by molar-refractivity contribution is 14.1. The topological polar surface area (TPSA) is 12.0 Å². The lowest BCUT2D eigenvalue weighted by molar-refractivity contribution is 0.312. The van der Waals surface area contributed by atoms with E-state index in [9.17, 15) is 0 Å². The van der Waals surface area contributed by atoms with Gasteiger partial charge in [0.15, 0.2) is 0 Å². The average Bonchev–Trinajstić information content (AvgIpc) is 2.25. The zero-order valence-electron chi connectivity index (χ0n) is 12.3. The fraction of sp³-hybridized carbons (Fsp3) is 0.625. The van der Waals surface area contributed by atoms with Gasteiger partial charge in [-0.2, -0.15) is 0 Å². The molecule has 1 aromatic carbocycles. The van der Waals surface area contributed by atoms with Crippen molar-refractivity contribution in [2.75, 3.05) is 6.54 Å². The predicted octanol–water partition coefficient (Wildman–Crippen LogP) is 4.49. The van der Waals surface area contributed by atoms with Crippen molar-refractivity contribution in [3.05, 3.63) is 33.4 Å². The summed E-state index contributed by atoms with van der Waals surface area (Å²) in [5, 5.41) is 3.63. The Hall–Kier alpha value is -0.0900. The van der Waals surface area contributed by atoms with E-state index in [2.05, 4.69) is 86.8 Å². The molecule has 0 aromatic heterocycles. The van der Waals surface area contributed by atoms with Crippen molar-refractivity contribution in [1.29, 1.82) is 0 Å². The normalized spacial score (nSPS) is 13.9. The van der Waals surface area contributed by atoms with Crippen LogP contribution in [0.2, 0.25) is 0 Å². The maximum Gasteiger partial charge on any atom is 0.0130 e. The van der Waals surface area contributed by atoms with Gasteiger partial charge in [-0.3, -0.25) is 0 Å².